The summed E-state index contributed by atoms with van der Waals surface area (Å²) in [5.74, 6) is -1.04. The molecule has 0 heterocycles. The summed E-state index contributed by atoms with van der Waals surface area (Å²) in [5, 5.41) is 4.15. The van der Waals surface area contributed by atoms with Gasteiger partial charge in [0.2, 0.25) is 11.8 Å². The molecule has 0 bridgehead atoms. The van der Waals surface area contributed by atoms with E-state index in [2.05, 4.69) is 5.32 Å². The first-order valence-electron chi connectivity index (χ1n) is 11.9. The van der Waals surface area contributed by atoms with Gasteiger partial charge < -0.3 is 10.2 Å². The van der Waals surface area contributed by atoms with Gasteiger partial charge in [0.1, 0.15) is 12.6 Å². The molecular weight excluding hydrogens is 604 g/mol. The number of carbonyl (C=O) groups excluding carboxylic acids is 2. The largest absolute Gasteiger partial charge is 0.352 e. The van der Waals surface area contributed by atoms with Crippen molar-refractivity contribution >= 4 is 73.9 Å². The lowest BCUT2D eigenvalue weighted by molar-refractivity contribution is -0.139. The fourth-order valence-electron chi connectivity index (χ4n) is 3.71. The summed E-state index contributed by atoms with van der Waals surface area (Å²) in [6.45, 7) is 4.48. The predicted molar refractivity (Wildman–Crippen MR) is 157 cm³/mol. The number of rotatable bonds is 10. The second-order valence-corrected chi connectivity index (χ2v) is 12.6. The van der Waals surface area contributed by atoms with E-state index in [1.54, 1.807) is 45.0 Å². The molecule has 3 aromatic rings. The van der Waals surface area contributed by atoms with E-state index in [4.69, 9.17) is 46.4 Å². The quantitative estimate of drug-likeness (QED) is 0.279. The van der Waals surface area contributed by atoms with Crippen molar-refractivity contribution in [1.82, 2.24) is 10.2 Å². The Labute approximate surface area is 248 Å². The second kappa shape index (κ2) is 13.2. The number of carbonyl (C=O) groups is 2. The Morgan fingerprint density at radius 2 is 1.46 bits per heavy atom. The van der Waals surface area contributed by atoms with E-state index in [1.165, 1.54) is 47.4 Å². The first-order chi connectivity index (χ1) is 18.3. The van der Waals surface area contributed by atoms with E-state index in [-0.39, 0.29) is 28.2 Å². The van der Waals surface area contributed by atoms with Gasteiger partial charge in [-0.25, -0.2) is 8.42 Å². The number of nitrogens with zero attached hydrogens (tertiary/aromatic N) is 2. The van der Waals surface area contributed by atoms with Crippen LogP contribution in [0.4, 0.5) is 5.69 Å². The van der Waals surface area contributed by atoms with Crippen molar-refractivity contribution in [2.24, 2.45) is 0 Å². The molecule has 1 unspecified atom stereocenters. The maximum atomic E-state index is 13.9. The van der Waals surface area contributed by atoms with Gasteiger partial charge in [0.05, 0.1) is 10.6 Å². The molecule has 0 fully saturated rings. The maximum Gasteiger partial charge on any atom is 0.264 e. The Morgan fingerprint density at radius 1 is 0.846 bits per heavy atom. The van der Waals surface area contributed by atoms with Crippen LogP contribution in [0.15, 0.2) is 71.6 Å². The van der Waals surface area contributed by atoms with E-state index >= 15 is 0 Å². The molecule has 2 amide bonds. The Balaban J connectivity index is 2.05. The highest BCUT2D eigenvalue weighted by molar-refractivity contribution is 7.92. The first kappa shape index (κ1) is 31.0. The van der Waals surface area contributed by atoms with Gasteiger partial charge in [-0.1, -0.05) is 58.5 Å². The molecule has 0 aliphatic rings. The Morgan fingerprint density at radius 3 is 2.05 bits per heavy atom. The highest BCUT2D eigenvalue weighted by atomic mass is 35.5. The molecule has 0 spiro atoms. The van der Waals surface area contributed by atoms with Crippen molar-refractivity contribution in [3.8, 4) is 0 Å². The van der Waals surface area contributed by atoms with Crippen LogP contribution in [0.3, 0.4) is 0 Å². The molecular formula is C27H27Cl4N3O4S. The molecule has 7 nitrogen and oxygen atoms in total. The van der Waals surface area contributed by atoms with Crippen molar-refractivity contribution < 1.29 is 18.0 Å². The van der Waals surface area contributed by atoms with E-state index in [9.17, 15) is 18.0 Å². The van der Waals surface area contributed by atoms with Crippen LogP contribution in [-0.2, 0) is 26.2 Å². The van der Waals surface area contributed by atoms with Gasteiger partial charge in [0, 0.05) is 32.7 Å². The Bertz CT molecular complexity index is 1450. The smallest absolute Gasteiger partial charge is 0.264 e. The number of anilines is 1. The number of halogens is 4. The summed E-state index contributed by atoms with van der Waals surface area (Å²) in [5.41, 5.74) is 0.711. The van der Waals surface area contributed by atoms with Crippen molar-refractivity contribution in [2.45, 2.75) is 44.3 Å². The highest BCUT2D eigenvalue weighted by Crippen LogP contribution is 2.28. The summed E-state index contributed by atoms with van der Waals surface area (Å²) in [4.78, 5) is 28.0. The maximum absolute atomic E-state index is 13.9. The van der Waals surface area contributed by atoms with E-state index in [0.717, 1.165) is 4.31 Å². The van der Waals surface area contributed by atoms with Gasteiger partial charge in [-0.05, 0) is 80.9 Å². The third-order valence-corrected chi connectivity index (χ3v) is 8.59. The molecule has 39 heavy (non-hydrogen) atoms. The fourth-order valence-corrected chi connectivity index (χ4v) is 5.90. The van der Waals surface area contributed by atoms with Crippen molar-refractivity contribution in [1.29, 1.82) is 0 Å². The summed E-state index contributed by atoms with van der Waals surface area (Å²) in [6, 6.07) is 15.4. The van der Waals surface area contributed by atoms with Crippen molar-refractivity contribution in [2.75, 3.05) is 10.8 Å². The zero-order chi connectivity index (χ0) is 28.9. The van der Waals surface area contributed by atoms with Crippen LogP contribution in [0.5, 0.6) is 0 Å². The number of hydrogen-bond acceptors (Lipinski definition) is 4. The lowest BCUT2D eigenvalue weighted by Gasteiger charge is -2.32. The molecule has 0 saturated heterocycles. The SMILES string of the molecule is CC(C)NC(=O)C(C)N(Cc1ccc(Cl)cc1Cl)C(=O)CN(c1cccc(Cl)c1)S(=O)(=O)c1ccc(Cl)cc1. The molecule has 0 saturated carbocycles. The van der Waals surface area contributed by atoms with Gasteiger partial charge in [-0.2, -0.15) is 0 Å². The molecule has 0 aliphatic carbocycles. The first-order valence-corrected chi connectivity index (χ1v) is 14.8. The monoisotopic (exact) mass is 629 g/mol. The summed E-state index contributed by atoms with van der Waals surface area (Å²) >= 11 is 24.5. The standard InChI is InChI=1S/C27H27Cl4N3O4S/c1-17(2)32-27(36)18(3)33(15-19-7-8-22(30)14-25(19)31)26(35)16-34(23-6-4-5-21(29)13-23)39(37,38)24-11-9-20(28)10-12-24/h4-14,17-18H,15-16H2,1-3H3,(H,32,36). The van der Waals surface area contributed by atoms with Gasteiger partial charge in [-0.3, -0.25) is 13.9 Å². The van der Waals surface area contributed by atoms with Crippen LogP contribution < -0.4 is 9.62 Å². The van der Waals surface area contributed by atoms with E-state index < -0.39 is 34.4 Å². The van der Waals surface area contributed by atoms with Crippen molar-refractivity contribution in [3.63, 3.8) is 0 Å². The summed E-state index contributed by atoms with van der Waals surface area (Å²) in [7, 11) is -4.24. The average Bonchev–Trinajstić information content (AvgIpc) is 2.86. The zero-order valence-electron chi connectivity index (χ0n) is 21.4. The normalized spacial score (nSPS) is 12.2. The molecule has 3 aromatic carbocycles. The molecule has 1 N–H and O–H groups in total. The molecule has 0 aliphatic heterocycles. The predicted octanol–water partition coefficient (Wildman–Crippen LogP) is 6.44. The average molecular weight is 631 g/mol. The van der Waals surface area contributed by atoms with Crippen LogP contribution in [0.25, 0.3) is 0 Å². The Hall–Kier alpha value is -2.49. The number of amides is 2. The molecule has 0 aromatic heterocycles. The fraction of sp³-hybridized carbons (Fsp3) is 0.259. The molecule has 3 rings (SSSR count). The Kier molecular flexibility index (Phi) is 10.5. The summed E-state index contributed by atoms with van der Waals surface area (Å²) in [6.07, 6.45) is 0. The number of hydrogen-bond donors (Lipinski definition) is 1. The lowest BCUT2D eigenvalue weighted by atomic mass is 10.1. The minimum atomic E-state index is -4.24. The highest BCUT2D eigenvalue weighted by Gasteiger charge is 2.33. The van der Waals surface area contributed by atoms with Crippen LogP contribution in [0.1, 0.15) is 26.3 Å². The minimum absolute atomic E-state index is 0.0636. The van der Waals surface area contributed by atoms with Crippen LogP contribution in [-0.4, -0.2) is 43.8 Å². The molecule has 208 valence electrons. The number of nitrogens with one attached hydrogen (secondary N) is 1. The third-order valence-electron chi connectivity index (χ3n) is 5.73. The lowest BCUT2D eigenvalue weighted by Crippen LogP contribution is -2.52. The summed E-state index contributed by atoms with van der Waals surface area (Å²) < 4.78 is 28.5. The van der Waals surface area contributed by atoms with Crippen LogP contribution in [0.2, 0.25) is 20.1 Å². The van der Waals surface area contributed by atoms with Gasteiger partial charge in [-0.15, -0.1) is 0 Å². The van der Waals surface area contributed by atoms with E-state index in [1.807, 2.05) is 0 Å². The zero-order valence-corrected chi connectivity index (χ0v) is 25.2. The second-order valence-electron chi connectivity index (χ2n) is 9.04. The van der Waals surface area contributed by atoms with Crippen LogP contribution in [0, 0.1) is 0 Å². The van der Waals surface area contributed by atoms with Gasteiger partial charge in [0.25, 0.3) is 10.0 Å². The molecule has 0 radical (unpaired) electrons. The number of benzene rings is 3. The number of sulfonamides is 1. The van der Waals surface area contributed by atoms with Crippen molar-refractivity contribution in [3.05, 3.63) is 92.4 Å². The molecule has 1 atom stereocenters. The molecule has 12 heteroatoms. The van der Waals surface area contributed by atoms with Gasteiger partial charge in [0.15, 0.2) is 0 Å². The van der Waals surface area contributed by atoms with Crippen LogP contribution >= 0.6 is 46.4 Å². The third kappa shape index (κ3) is 8.02. The van der Waals surface area contributed by atoms with E-state index in [0.29, 0.717) is 20.6 Å². The minimum Gasteiger partial charge on any atom is -0.352 e. The topological polar surface area (TPSA) is 86.8 Å². The van der Waals surface area contributed by atoms with Gasteiger partial charge >= 0.3 is 0 Å².